The molecule has 0 atom stereocenters. The zero-order chi connectivity index (χ0) is 10.6. The van der Waals surface area contributed by atoms with Crippen LogP contribution in [0, 0.1) is 0 Å². The van der Waals surface area contributed by atoms with Gasteiger partial charge < -0.3 is 5.73 Å². The molecule has 1 aromatic carbocycles. The van der Waals surface area contributed by atoms with Gasteiger partial charge in [0.25, 0.3) is 0 Å². The molecule has 0 fully saturated rings. The molecular formula is C8H11ClN2O2S. The third kappa shape index (κ3) is 3.17. The number of anilines is 1. The molecular weight excluding hydrogens is 224 g/mol. The number of hydrogen-bond acceptors (Lipinski definition) is 3. The van der Waals surface area contributed by atoms with Crippen LogP contribution in [0.5, 0.6) is 0 Å². The Kier molecular flexibility index (Phi) is 3.74. The van der Waals surface area contributed by atoms with E-state index in [-0.39, 0.29) is 12.3 Å². The van der Waals surface area contributed by atoms with Crippen LogP contribution in [0.15, 0.2) is 24.3 Å². The number of nitrogens with two attached hydrogens (primary N) is 1. The maximum atomic E-state index is 11.3. The Bertz CT molecular complexity index is 406. The largest absolute Gasteiger partial charge is 0.329 e. The van der Waals surface area contributed by atoms with E-state index in [1.165, 1.54) is 0 Å². The summed E-state index contributed by atoms with van der Waals surface area (Å²) in [5.41, 5.74) is 5.53. The second kappa shape index (κ2) is 4.63. The van der Waals surface area contributed by atoms with E-state index >= 15 is 0 Å². The van der Waals surface area contributed by atoms with Gasteiger partial charge in [0.2, 0.25) is 10.0 Å². The summed E-state index contributed by atoms with van der Waals surface area (Å²) >= 11 is 5.77. The van der Waals surface area contributed by atoms with Crippen molar-refractivity contribution in [3.63, 3.8) is 0 Å². The third-order valence-corrected chi connectivity index (χ3v) is 3.16. The Morgan fingerprint density at radius 1 is 1.36 bits per heavy atom. The molecule has 0 aliphatic rings. The zero-order valence-electron chi connectivity index (χ0n) is 7.40. The second-order valence-electron chi connectivity index (χ2n) is 2.69. The number of benzene rings is 1. The number of sulfonamides is 1. The predicted molar refractivity (Wildman–Crippen MR) is 57.9 cm³/mol. The van der Waals surface area contributed by atoms with E-state index in [9.17, 15) is 8.42 Å². The maximum Gasteiger partial charge on any atom is 0.234 e. The zero-order valence-corrected chi connectivity index (χ0v) is 8.98. The van der Waals surface area contributed by atoms with E-state index in [0.717, 1.165) is 0 Å². The smallest absolute Gasteiger partial charge is 0.234 e. The number of rotatable bonds is 4. The fourth-order valence-electron chi connectivity index (χ4n) is 0.918. The van der Waals surface area contributed by atoms with Crippen LogP contribution in [-0.4, -0.2) is 20.7 Å². The molecule has 78 valence electrons. The van der Waals surface area contributed by atoms with Gasteiger partial charge in [0.15, 0.2) is 0 Å². The molecule has 4 nitrogen and oxygen atoms in total. The highest BCUT2D eigenvalue weighted by molar-refractivity contribution is 7.92. The topological polar surface area (TPSA) is 72.2 Å². The third-order valence-electron chi connectivity index (χ3n) is 1.53. The maximum absolute atomic E-state index is 11.3. The fraction of sp³-hybridized carbons (Fsp3) is 0.250. The van der Waals surface area contributed by atoms with Gasteiger partial charge in [-0.3, -0.25) is 4.72 Å². The van der Waals surface area contributed by atoms with Gasteiger partial charge in [0.1, 0.15) is 0 Å². The summed E-state index contributed by atoms with van der Waals surface area (Å²) in [6.07, 6.45) is 0. The highest BCUT2D eigenvalue weighted by Crippen LogP contribution is 2.21. The number of hydrogen-bond donors (Lipinski definition) is 2. The van der Waals surface area contributed by atoms with Crippen molar-refractivity contribution in [3.05, 3.63) is 29.3 Å². The van der Waals surface area contributed by atoms with Crippen LogP contribution >= 0.6 is 11.6 Å². The molecule has 0 saturated heterocycles. The van der Waals surface area contributed by atoms with E-state index in [1.807, 2.05) is 0 Å². The molecule has 0 spiro atoms. The first kappa shape index (κ1) is 11.3. The monoisotopic (exact) mass is 234 g/mol. The van der Waals surface area contributed by atoms with Crippen molar-refractivity contribution in [2.45, 2.75) is 0 Å². The molecule has 0 amide bonds. The Morgan fingerprint density at radius 3 is 2.57 bits per heavy atom. The Labute approximate surface area is 88.1 Å². The fourth-order valence-corrected chi connectivity index (χ4v) is 2.08. The molecule has 6 heteroatoms. The van der Waals surface area contributed by atoms with Crippen LogP contribution in [0.1, 0.15) is 0 Å². The minimum Gasteiger partial charge on any atom is -0.329 e. The summed E-state index contributed by atoms with van der Waals surface area (Å²) < 4.78 is 25.0. The van der Waals surface area contributed by atoms with Crippen LogP contribution in [0.2, 0.25) is 5.02 Å². The van der Waals surface area contributed by atoms with Gasteiger partial charge >= 0.3 is 0 Å². The molecule has 0 aliphatic heterocycles. The van der Waals surface area contributed by atoms with Crippen LogP contribution in [0.25, 0.3) is 0 Å². The lowest BCUT2D eigenvalue weighted by Crippen LogP contribution is -2.22. The SMILES string of the molecule is NCCS(=O)(=O)Nc1ccccc1Cl. The molecule has 14 heavy (non-hydrogen) atoms. The first-order valence-electron chi connectivity index (χ1n) is 4.00. The van der Waals surface area contributed by atoms with E-state index in [0.29, 0.717) is 10.7 Å². The normalized spacial score (nSPS) is 11.3. The first-order chi connectivity index (χ1) is 6.55. The summed E-state index contributed by atoms with van der Waals surface area (Å²) in [6, 6.07) is 6.63. The van der Waals surface area contributed by atoms with E-state index in [1.54, 1.807) is 24.3 Å². The summed E-state index contributed by atoms with van der Waals surface area (Å²) in [7, 11) is -3.37. The van der Waals surface area contributed by atoms with Crippen LogP contribution < -0.4 is 10.5 Å². The van der Waals surface area contributed by atoms with Crippen LogP contribution in [0.3, 0.4) is 0 Å². The summed E-state index contributed by atoms with van der Waals surface area (Å²) in [4.78, 5) is 0. The summed E-state index contributed by atoms with van der Waals surface area (Å²) in [5.74, 6) is -0.113. The molecule has 3 N–H and O–H groups in total. The van der Waals surface area contributed by atoms with Gasteiger partial charge in [-0.1, -0.05) is 23.7 Å². The molecule has 0 aliphatic carbocycles. The number of nitrogens with one attached hydrogen (secondary N) is 1. The first-order valence-corrected chi connectivity index (χ1v) is 6.03. The molecule has 1 aromatic rings. The van der Waals surface area contributed by atoms with Crippen molar-refractivity contribution in [2.75, 3.05) is 17.0 Å². The average molecular weight is 235 g/mol. The Balaban J connectivity index is 2.84. The minimum absolute atomic E-state index is 0.0831. The van der Waals surface area contributed by atoms with Gasteiger partial charge in [-0.2, -0.15) is 0 Å². The lowest BCUT2D eigenvalue weighted by molar-refractivity contribution is 0.601. The van der Waals surface area contributed by atoms with Crippen molar-refractivity contribution in [1.29, 1.82) is 0 Å². The van der Waals surface area contributed by atoms with Gasteiger partial charge in [0.05, 0.1) is 16.5 Å². The quantitative estimate of drug-likeness (QED) is 0.818. The van der Waals surface area contributed by atoms with Gasteiger partial charge in [-0.15, -0.1) is 0 Å². The van der Waals surface area contributed by atoms with Gasteiger partial charge in [-0.25, -0.2) is 8.42 Å². The van der Waals surface area contributed by atoms with Crippen LogP contribution in [0.4, 0.5) is 5.69 Å². The van der Waals surface area contributed by atoms with Crippen molar-refractivity contribution in [3.8, 4) is 0 Å². The molecule has 1 rings (SSSR count). The van der Waals surface area contributed by atoms with Crippen molar-refractivity contribution >= 4 is 27.3 Å². The second-order valence-corrected chi connectivity index (χ2v) is 4.94. The standard InChI is InChI=1S/C8H11ClN2O2S/c9-7-3-1-2-4-8(7)11-14(12,13)6-5-10/h1-4,11H,5-6,10H2. The Hall–Kier alpha value is -0.780. The van der Waals surface area contributed by atoms with E-state index in [2.05, 4.69) is 4.72 Å². The Morgan fingerprint density at radius 2 is 2.00 bits per heavy atom. The van der Waals surface area contributed by atoms with E-state index in [4.69, 9.17) is 17.3 Å². The highest BCUT2D eigenvalue weighted by atomic mass is 35.5. The molecule has 0 bridgehead atoms. The van der Waals surface area contributed by atoms with Crippen molar-refractivity contribution < 1.29 is 8.42 Å². The summed E-state index contributed by atoms with van der Waals surface area (Å²) in [6.45, 7) is 0.0831. The summed E-state index contributed by atoms with van der Waals surface area (Å²) in [5, 5.41) is 0.369. The van der Waals surface area contributed by atoms with Gasteiger partial charge in [0, 0.05) is 6.54 Å². The molecule has 0 aromatic heterocycles. The van der Waals surface area contributed by atoms with Crippen molar-refractivity contribution in [1.82, 2.24) is 0 Å². The molecule has 0 radical (unpaired) electrons. The minimum atomic E-state index is -3.37. The highest BCUT2D eigenvalue weighted by Gasteiger charge is 2.10. The molecule has 0 unspecified atom stereocenters. The number of para-hydroxylation sites is 1. The molecule has 0 heterocycles. The molecule has 0 saturated carbocycles. The van der Waals surface area contributed by atoms with Gasteiger partial charge in [-0.05, 0) is 12.1 Å². The lowest BCUT2D eigenvalue weighted by Gasteiger charge is -2.07. The van der Waals surface area contributed by atoms with E-state index < -0.39 is 10.0 Å². The van der Waals surface area contributed by atoms with Crippen molar-refractivity contribution in [2.24, 2.45) is 5.73 Å². The predicted octanol–water partition coefficient (Wildman–Crippen LogP) is 1.04. The lowest BCUT2D eigenvalue weighted by atomic mass is 10.3. The average Bonchev–Trinajstić information content (AvgIpc) is 2.08. The number of halogens is 1. The van der Waals surface area contributed by atoms with Crippen LogP contribution in [-0.2, 0) is 10.0 Å².